The largest absolute Gasteiger partial charge is 0.314 e. The Labute approximate surface area is 102 Å². The Balaban J connectivity index is 2.07. The molecule has 0 heterocycles. The molecule has 1 rings (SSSR count). The second kappa shape index (κ2) is 8.11. The monoisotopic (exact) mass is 225 g/mol. The fourth-order valence-corrected chi connectivity index (χ4v) is 2.66. The lowest BCUT2D eigenvalue weighted by molar-refractivity contribution is 0.388. The second-order valence-electron chi connectivity index (χ2n) is 5.72. The molecular formula is C15H31N. The summed E-state index contributed by atoms with van der Waals surface area (Å²) in [6.07, 6.45) is 11.3. The minimum absolute atomic E-state index is 0.841. The van der Waals surface area contributed by atoms with Crippen molar-refractivity contribution in [2.45, 2.75) is 78.2 Å². The topological polar surface area (TPSA) is 12.0 Å². The zero-order valence-electron chi connectivity index (χ0n) is 11.6. The van der Waals surface area contributed by atoms with Gasteiger partial charge in [-0.05, 0) is 44.1 Å². The Morgan fingerprint density at radius 1 is 1.06 bits per heavy atom. The van der Waals surface area contributed by atoms with E-state index in [1.807, 2.05) is 0 Å². The smallest absolute Gasteiger partial charge is 0.00953 e. The molecule has 1 nitrogen and oxygen atoms in total. The van der Waals surface area contributed by atoms with Gasteiger partial charge in [0, 0.05) is 6.04 Å². The van der Waals surface area contributed by atoms with Crippen LogP contribution in [-0.2, 0) is 0 Å². The van der Waals surface area contributed by atoms with E-state index in [-0.39, 0.29) is 0 Å². The summed E-state index contributed by atoms with van der Waals surface area (Å²) in [4.78, 5) is 0. The highest BCUT2D eigenvalue weighted by molar-refractivity contribution is 4.86. The Morgan fingerprint density at radius 2 is 1.81 bits per heavy atom. The fourth-order valence-electron chi connectivity index (χ4n) is 2.66. The summed E-state index contributed by atoms with van der Waals surface area (Å²) in [5.74, 6) is 1.96. The number of rotatable bonds is 10. The highest BCUT2D eigenvalue weighted by Gasteiger charge is 2.30. The van der Waals surface area contributed by atoms with Gasteiger partial charge in [0.25, 0.3) is 0 Å². The van der Waals surface area contributed by atoms with Gasteiger partial charge in [-0.1, -0.05) is 46.5 Å². The summed E-state index contributed by atoms with van der Waals surface area (Å²) in [6.45, 7) is 8.19. The van der Waals surface area contributed by atoms with Crippen LogP contribution < -0.4 is 5.32 Å². The Bertz CT molecular complexity index is 163. The quantitative estimate of drug-likeness (QED) is 0.582. The van der Waals surface area contributed by atoms with Crippen LogP contribution in [-0.4, -0.2) is 12.6 Å². The van der Waals surface area contributed by atoms with Gasteiger partial charge in [0.05, 0.1) is 0 Å². The number of hydrogen-bond acceptors (Lipinski definition) is 1. The summed E-state index contributed by atoms with van der Waals surface area (Å²) >= 11 is 0. The highest BCUT2D eigenvalue weighted by Crippen LogP contribution is 2.35. The molecule has 2 unspecified atom stereocenters. The van der Waals surface area contributed by atoms with Crippen LogP contribution in [0.3, 0.4) is 0 Å². The molecule has 0 aromatic carbocycles. The molecule has 1 aliphatic carbocycles. The second-order valence-corrected chi connectivity index (χ2v) is 5.72. The maximum Gasteiger partial charge on any atom is 0.00953 e. The molecule has 2 atom stereocenters. The maximum absolute atomic E-state index is 3.74. The van der Waals surface area contributed by atoms with Gasteiger partial charge in [0.2, 0.25) is 0 Å². The van der Waals surface area contributed by atoms with Gasteiger partial charge in [-0.3, -0.25) is 0 Å². The third-order valence-corrected chi connectivity index (χ3v) is 3.84. The first-order chi connectivity index (χ1) is 7.77. The van der Waals surface area contributed by atoms with Crippen LogP contribution in [0.25, 0.3) is 0 Å². The molecular weight excluding hydrogens is 194 g/mol. The molecule has 0 amide bonds. The number of hydrogen-bond donors (Lipinski definition) is 1. The summed E-state index contributed by atoms with van der Waals surface area (Å²) < 4.78 is 0. The first-order valence-corrected chi connectivity index (χ1v) is 7.51. The summed E-state index contributed by atoms with van der Waals surface area (Å²) in [5.41, 5.74) is 0. The molecule has 0 aromatic rings. The molecule has 16 heavy (non-hydrogen) atoms. The van der Waals surface area contributed by atoms with Gasteiger partial charge in [0.1, 0.15) is 0 Å². The zero-order chi connectivity index (χ0) is 11.8. The van der Waals surface area contributed by atoms with Crippen molar-refractivity contribution in [1.29, 1.82) is 0 Å². The van der Waals surface area contributed by atoms with Crippen molar-refractivity contribution < 1.29 is 0 Å². The fraction of sp³-hybridized carbons (Fsp3) is 1.00. The molecule has 0 saturated heterocycles. The summed E-state index contributed by atoms with van der Waals surface area (Å²) in [6, 6.07) is 0.841. The molecule has 0 spiro atoms. The lowest BCUT2D eigenvalue weighted by Crippen LogP contribution is -2.31. The normalized spacial score (nSPS) is 19.7. The molecule has 0 aliphatic heterocycles. The van der Waals surface area contributed by atoms with E-state index in [4.69, 9.17) is 0 Å². The van der Waals surface area contributed by atoms with Gasteiger partial charge in [-0.2, -0.15) is 0 Å². The molecule has 0 radical (unpaired) electrons. The standard InChI is InChI=1S/C15H31N/c1-4-7-13(3)8-6-9-15(14-10-11-14)16-12-5-2/h13-16H,4-12H2,1-3H3. The van der Waals surface area contributed by atoms with Crippen molar-refractivity contribution in [2.24, 2.45) is 11.8 Å². The maximum atomic E-state index is 3.74. The van der Waals surface area contributed by atoms with E-state index >= 15 is 0 Å². The van der Waals surface area contributed by atoms with Crippen LogP contribution in [0.15, 0.2) is 0 Å². The van der Waals surface area contributed by atoms with Gasteiger partial charge in [0.15, 0.2) is 0 Å². The van der Waals surface area contributed by atoms with E-state index in [0.29, 0.717) is 0 Å². The van der Waals surface area contributed by atoms with E-state index in [9.17, 15) is 0 Å². The van der Waals surface area contributed by atoms with Gasteiger partial charge in [-0.25, -0.2) is 0 Å². The van der Waals surface area contributed by atoms with Crippen LogP contribution in [0.4, 0.5) is 0 Å². The van der Waals surface area contributed by atoms with Crippen LogP contribution in [0, 0.1) is 11.8 Å². The Hall–Kier alpha value is -0.0400. The van der Waals surface area contributed by atoms with E-state index in [1.165, 1.54) is 57.9 Å². The molecule has 1 heteroatoms. The van der Waals surface area contributed by atoms with Crippen molar-refractivity contribution in [3.05, 3.63) is 0 Å². The minimum Gasteiger partial charge on any atom is -0.314 e. The summed E-state index contributed by atoms with van der Waals surface area (Å²) in [7, 11) is 0. The van der Waals surface area contributed by atoms with Crippen molar-refractivity contribution >= 4 is 0 Å². The van der Waals surface area contributed by atoms with Crippen molar-refractivity contribution in [1.82, 2.24) is 5.32 Å². The van der Waals surface area contributed by atoms with Gasteiger partial charge in [-0.15, -0.1) is 0 Å². The molecule has 0 aromatic heterocycles. The van der Waals surface area contributed by atoms with E-state index in [2.05, 4.69) is 26.1 Å². The minimum atomic E-state index is 0.841. The molecule has 0 bridgehead atoms. The molecule has 1 N–H and O–H groups in total. The molecule has 1 fully saturated rings. The van der Waals surface area contributed by atoms with Crippen molar-refractivity contribution in [3.63, 3.8) is 0 Å². The third-order valence-electron chi connectivity index (χ3n) is 3.84. The van der Waals surface area contributed by atoms with Gasteiger partial charge >= 0.3 is 0 Å². The third kappa shape index (κ3) is 5.89. The van der Waals surface area contributed by atoms with E-state index < -0.39 is 0 Å². The molecule has 96 valence electrons. The Kier molecular flexibility index (Phi) is 7.11. The van der Waals surface area contributed by atoms with Crippen molar-refractivity contribution in [2.75, 3.05) is 6.54 Å². The zero-order valence-corrected chi connectivity index (χ0v) is 11.6. The predicted octanol–water partition coefficient (Wildman–Crippen LogP) is 4.37. The average Bonchev–Trinajstić information content (AvgIpc) is 3.07. The highest BCUT2D eigenvalue weighted by atomic mass is 14.9. The van der Waals surface area contributed by atoms with Crippen LogP contribution >= 0.6 is 0 Å². The van der Waals surface area contributed by atoms with Gasteiger partial charge < -0.3 is 5.32 Å². The first kappa shape index (κ1) is 14.0. The summed E-state index contributed by atoms with van der Waals surface area (Å²) in [5, 5.41) is 3.74. The number of nitrogens with one attached hydrogen (secondary N) is 1. The average molecular weight is 225 g/mol. The molecule has 1 aliphatic rings. The van der Waals surface area contributed by atoms with Crippen molar-refractivity contribution in [3.8, 4) is 0 Å². The predicted molar refractivity (Wildman–Crippen MR) is 72.7 cm³/mol. The SMILES string of the molecule is CCCNC(CCCC(C)CCC)C1CC1. The lowest BCUT2D eigenvalue weighted by Gasteiger charge is -2.19. The lowest BCUT2D eigenvalue weighted by atomic mass is 9.96. The molecule has 1 saturated carbocycles. The van der Waals surface area contributed by atoms with Crippen LogP contribution in [0.1, 0.15) is 72.1 Å². The van der Waals surface area contributed by atoms with Crippen LogP contribution in [0.5, 0.6) is 0 Å². The van der Waals surface area contributed by atoms with E-state index in [0.717, 1.165) is 17.9 Å². The van der Waals surface area contributed by atoms with Crippen LogP contribution in [0.2, 0.25) is 0 Å². The Morgan fingerprint density at radius 3 is 2.38 bits per heavy atom. The van der Waals surface area contributed by atoms with E-state index in [1.54, 1.807) is 0 Å². The first-order valence-electron chi connectivity index (χ1n) is 7.51.